The van der Waals surface area contributed by atoms with Crippen LogP contribution in [0.1, 0.15) is 16.3 Å². The Morgan fingerprint density at radius 3 is 2.94 bits per heavy atom. The minimum Gasteiger partial charge on any atom is -0.398 e. The molecule has 0 saturated carbocycles. The molecule has 0 bridgehead atoms. The summed E-state index contributed by atoms with van der Waals surface area (Å²) in [6.45, 7) is 1.95. The van der Waals surface area contributed by atoms with Gasteiger partial charge in [0, 0.05) is 42.0 Å². The Morgan fingerprint density at radius 1 is 1.47 bits per heavy atom. The Balaban J connectivity index is 1.98. The smallest absolute Gasteiger partial charge is 0.0954 e. The number of aromatic nitrogens is 2. The second-order valence-corrected chi connectivity index (χ2v) is 4.96. The lowest BCUT2D eigenvalue weighted by Crippen LogP contribution is -2.15. The van der Waals surface area contributed by atoms with Crippen molar-refractivity contribution in [1.29, 1.82) is 0 Å². The number of hydrogen-bond donors (Lipinski definition) is 2. The van der Waals surface area contributed by atoms with Crippen molar-refractivity contribution in [1.82, 2.24) is 9.97 Å². The fourth-order valence-electron chi connectivity index (χ4n) is 1.63. The van der Waals surface area contributed by atoms with Crippen LogP contribution in [0.4, 0.5) is 5.69 Å². The second kappa shape index (κ2) is 5.25. The molecule has 1 unspecified atom stereocenters. The summed E-state index contributed by atoms with van der Waals surface area (Å²) in [5.41, 5.74) is 8.36. The van der Waals surface area contributed by atoms with Crippen molar-refractivity contribution in [3.8, 4) is 0 Å². The minimum absolute atomic E-state index is 0.466. The van der Waals surface area contributed by atoms with Crippen LogP contribution in [-0.2, 0) is 12.8 Å². The molecule has 2 aromatic rings. The maximum atomic E-state index is 9.97. The standard InChI is InChI=1S/C12H15N3OS/c1-8-7-17-12(15-8)5-10(16)4-9-6-14-3-2-11(9)13/h2-3,6-7,10,16H,4-5H2,1H3,(H2,13,14). The van der Waals surface area contributed by atoms with Gasteiger partial charge < -0.3 is 10.8 Å². The Morgan fingerprint density at radius 2 is 2.29 bits per heavy atom. The molecule has 4 nitrogen and oxygen atoms in total. The summed E-state index contributed by atoms with van der Waals surface area (Å²) in [6, 6.07) is 1.75. The summed E-state index contributed by atoms with van der Waals surface area (Å²) < 4.78 is 0. The molecule has 3 N–H and O–H groups in total. The third-order valence-corrected chi connectivity index (χ3v) is 3.46. The number of nitrogens with two attached hydrogens (primary N) is 1. The van der Waals surface area contributed by atoms with Crippen LogP contribution in [0.15, 0.2) is 23.8 Å². The highest BCUT2D eigenvalue weighted by Crippen LogP contribution is 2.16. The van der Waals surface area contributed by atoms with Crippen LogP contribution in [-0.4, -0.2) is 21.2 Å². The predicted molar refractivity (Wildman–Crippen MR) is 68.9 cm³/mol. The molecule has 1 atom stereocenters. The van der Waals surface area contributed by atoms with E-state index in [1.165, 1.54) is 0 Å². The number of thiazole rings is 1. The molecule has 5 heteroatoms. The first-order valence-electron chi connectivity index (χ1n) is 5.42. The number of pyridine rings is 1. The van der Waals surface area contributed by atoms with Gasteiger partial charge in [-0.3, -0.25) is 4.98 Å². The van der Waals surface area contributed by atoms with Crippen LogP contribution < -0.4 is 5.73 Å². The fourth-order valence-corrected chi connectivity index (χ4v) is 2.48. The van der Waals surface area contributed by atoms with E-state index in [1.807, 2.05) is 12.3 Å². The third-order valence-electron chi connectivity index (χ3n) is 2.47. The van der Waals surface area contributed by atoms with Crippen LogP contribution in [0.5, 0.6) is 0 Å². The molecular formula is C12H15N3OS. The third kappa shape index (κ3) is 3.25. The topological polar surface area (TPSA) is 72.0 Å². The summed E-state index contributed by atoms with van der Waals surface area (Å²) in [4.78, 5) is 8.33. The first-order chi connectivity index (χ1) is 8.15. The van der Waals surface area contributed by atoms with Crippen molar-refractivity contribution in [3.05, 3.63) is 40.1 Å². The van der Waals surface area contributed by atoms with Gasteiger partial charge in [0.1, 0.15) is 0 Å². The quantitative estimate of drug-likeness (QED) is 0.863. The van der Waals surface area contributed by atoms with Crippen LogP contribution in [0, 0.1) is 6.92 Å². The van der Waals surface area contributed by atoms with Gasteiger partial charge in [-0.2, -0.15) is 0 Å². The van der Waals surface area contributed by atoms with Crippen LogP contribution in [0.2, 0.25) is 0 Å². The van der Waals surface area contributed by atoms with Gasteiger partial charge in [-0.15, -0.1) is 11.3 Å². The molecule has 0 aliphatic carbocycles. The van der Waals surface area contributed by atoms with Crippen molar-refractivity contribution in [2.24, 2.45) is 0 Å². The van der Waals surface area contributed by atoms with Gasteiger partial charge in [0.2, 0.25) is 0 Å². The lowest BCUT2D eigenvalue weighted by atomic mass is 10.1. The molecule has 0 amide bonds. The van der Waals surface area contributed by atoms with E-state index in [0.29, 0.717) is 18.5 Å². The van der Waals surface area contributed by atoms with Gasteiger partial charge in [-0.1, -0.05) is 0 Å². The van der Waals surface area contributed by atoms with Crippen molar-refractivity contribution < 1.29 is 5.11 Å². The number of nitrogens with zero attached hydrogens (tertiary/aromatic N) is 2. The van der Waals surface area contributed by atoms with Crippen LogP contribution in [0.25, 0.3) is 0 Å². The summed E-state index contributed by atoms with van der Waals surface area (Å²) >= 11 is 1.57. The Kier molecular flexibility index (Phi) is 3.71. The summed E-state index contributed by atoms with van der Waals surface area (Å²) in [5.74, 6) is 0. The van der Waals surface area contributed by atoms with Gasteiger partial charge in [0.15, 0.2) is 0 Å². The van der Waals surface area contributed by atoms with E-state index >= 15 is 0 Å². The molecule has 0 aliphatic rings. The monoisotopic (exact) mass is 249 g/mol. The highest BCUT2D eigenvalue weighted by molar-refractivity contribution is 7.09. The number of nitrogen functional groups attached to an aromatic ring is 1. The average molecular weight is 249 g/mol. The number of aliphatic hydroxyl groups excluding tert-OH is 1. The van der Waals surface area contributed by atoms with Crippen molar-refractivity contribution in [2.45, 2.75) is 25.9 Å². The molecule has 2 aromatic heterocycles. The highest BCUT2D eigenvalue weighted by Gasteiger charge is 2.11. The van der Waals surface area contributed by atoms with Crippen LogP contribution in [0.3, 0.4) is 0 Å². The molecule has 2 rings (SSSR count). The number of aliphatic hydroxyl groups is 1. The van der Waals surface area contributed by atoms with E-state index in [2.05, 4.69) is 9.97 Å². The SMILES string of the molecule is Cc1csc(CC(O)Cc2cnccc2N)n1. The number of anilines is 1. The van der Waals surface area contributed by atoms with Crippen molar-refractivity contribution >= 4 is 17.0 Å². The molecule has 90 valence electrons. The highest BCUT2D eigenvalue weighted by atomic mass is 32.1. The molecule has 0 spiro atoms. The first-order valence-corrected chi connectivity index (χ1v) is 6.30. The fraction of sp³-hybridized carbons (Fsp3) is 0.333. The molecule has 0 saturated heterocycles. The first kappa shape index (κ1) is 12.0. The van der Waals surface area contributed by atoms with Gasteiger partial charge >= 0.3 is 0 Å². The van der Waals surface area contributed by atoms with Crippen LogP contribution >= 0.6 is 11.3 Å². The maximum Gasteiger partial charge on any atom is 0.0954 e. The molecule has 0 radical (unpaired) electrons. The number of aryl methyl sites for hydroxylation is 1. The molecule has 2 heterocycles. The van der Waals surface area contributed by atoms with Gasteiger partial charge in [-0.25, -0.2) is 4.98 Å². The number of hydrogen-bond acceptors (Lipinski definition) is 5. The zero-order valence-electron chi connectivity index (χ0n) is 9.63. The molecule has 17 heavy (non-hydrogen) atoms. The van der Waals surface area contributed by atoms with Gasteiger partial charge in [-0.05, 0) is 18.6 Å². The summed E-state index contributed by atoms with van der Waals surface area (Å²) in [7, 11) is 0. The molecule has 0 fully saturated rings. The minimum atomic E-state index is -0.466. The Bertz CT molecular complexity index is 498. The number of rotatable bonds is 4. The molecule has 0 aliphatic heterocycles. The molecular weight excluding hydrogens is 234 g/mol. The largest absolute Gasteiger partial charge is 0.398 e. The van der Waals surface area contributed by atoms with E-state index in [0.717, 1.165) is 16.3 Å². The average Bonchev–Trinajstić information content (AvgIpc) is 2.67. The van der Waals surface area contributed by atoms with Gasteiger partial charge in [0.25, 0.3) is 0 Å². The zero-order valence-corrected chi connectivity index (χ0v) is 10.4. The van der Waals surface area contributed by atoms with E-state index < -0.39 is 6.10 Å². The van der Waals surface area contributed by atoms with Crippen molar-refractivity contribution in [2.75, 3.05) is 5.73 Å². The lowest BCUT2D eigenvalue weighted by Gasteiger charge is -2.10. The lowest BCUT2D eigenvalue weighted by molar-refractivity contribution is 0.175. The normalized spacial score (nSPS) is 12.6. The Hall–Kier alpha value is -1.46. The summed E-state index contributed by atoms with van der Waals surface area (Å²) in [5, 5.41) is 12.9. The second-order valence-electron chi connectivity index (χ2n) is 4.02. The van der Waals surface area contributed by atoms with E-state index in [9.17, 15) is 5.11 Å². The van der Waals surface area contributed by atoms with E-state index in [4.69, 9.17) is 5.73 Å². The maximum absolute atomic E-state index is 9.97. The van der Waals surface area contributed by atoms with Gasteiger partial charge in [0.05, 0.1) is 11.1 Å². The van der Waals surface area contributed by atoms with Crippen molar-refractivity contribution in [3.63, 3.8) is 0 Å². The predicted octanol–water partition coefficient (Wildman–Crippen LogP) is 1.57. The van der Waals surface area contributed by atoms with E-state index in [1.54, 1.807) is 29.8 Å². The van der Waals surface area contributed by atoms with E-state index in [-0.39, 0.29) is 0 Å². The summed E-state index contributed by atoms with van der Waals surface area (Å²) in [6.07, 6.45) is 3.96. The molecule has 0 aromatic carbocycles. The Labute approximate surface area is 104 Å². The zero-order chi connectivity index (χ0) is 12.3.